The molecule has 0 bridgehead atoms. The first-order valence-electron chi connectivity index (χ1n) is 9.51. The molecule has 1 aromatic carbocycles. The molecule has 0 atom stereocenters. The number of thioether (sulfide) groups is 1. The molecular formula is C20H26N4O3S. The Morgan fingerprint density at radius 3 is 2.71 bits per heavy atom. The molecule has 8 heteroatoms. The Morgan fingerprint density at radius 1 is 1.32 bits per heavy atom. The summed E-state index contributed by atoms with van der Waals surface area (Å²) in [5, 5.41) is 3.98. The molecule has 150 valence electrons. The van der Waals surface area contributed by atoms with E-state index in [-0.39, 0.29) is 41.6 Å². The van der Waals surface area contributed by atoms with E-state index in [9.17, 15) is 14.4 Å². The second kappa shape index (κ2) is 8.77. The van der Waals surface area contributed by atoms with Gasteiger partial charge in [-0.15, -0.1) is 0 Å². The monoisotopic (exact) mass is 402 g/mol. The summed E-state index contributed by atoms with van der Waals surface area (Å²) in [5.41, 5.74) is 0.533. The molecule has 0 aliphatic heterocycles. The molecule has 0 spiro atoms. The summed E-state index contributed by atoms with van der Waals surface area (Å²) >= 11 is 1.24. The number of aromatic nitrogens is 2. The van der Waals surface area contributed by atoms with Crippen LogP contribution in [0.4, 0.5) is 0 Å². The van der Waals surface area contributed by atoms with Gasteiger partial charge in [-0.2, -0.15) is 0 Å². The Hall–Kier alpha value is -2.35. The Kier molecular flexibility index (Phi) is 6.39. The van der Waals surface area contributed by atoms with E-state index in [4.69, 9.17) is 0 Å². The Morgan fingerprint density at radius 2 is 2.04 bits per heavy atom. The normalized spacial score (nSPS) is 13.7. The van der Waals surface area contributed by atoms with Gasteiger partial charge in [0.05, 0.1) is 23.2 Å². The molecule has 0 unspecified atom stereocenters. The van der Waals surface area contributed by atoms with Gasteiger partial charge in [-0.1, -0.05) is 37.7 Å². The van der Waals surface area contributed by atoms with E-state index in [2.05, 4.69) is 10.3 Å². The van der Waals surface area contributed by atoms with Crippen LogP contribution in [0, 0.1) is 5.92 Å². The van der Waals surface area contributed by atoms with Crippen molar-refractivity contribution in [1.82, 2.24) is 19.8 Å². The van der Waals surface area contributed by atoms with Crippen LogP contribution < -0.4 is 10.9 Å². The lowest BCUT2D eigenvalue weighted by atomic mass is 10.2. The Bertz CT molecular complexity index is 937. The van der Waals surface area contributed by atoms with E-state index < -0.39 is 0 Å². The summed E-state index contributed by atoms with van der Waals surface area (Å²) < 4.78 is 1.64. The molecule has 2 aromatic rings. The molecule has 3 rings (SSSR count). The van der Waals surface area contributed by atoms with Crippen LogP contribution in [-0.4, -0.2) is 51.7 Å². The zero-order chi connectivity index (χ0) is 20.3. The highest BCUT2D eigenvalue weighted by Crippen LogP contribution is 2.20. The number of amides is 2. The zero-order valence-corrected chi connectivity index (χ0v) is 17.3. The van der Waals surface area contributed by atoms with Gasteiger partial charge in [0, 0.05) is 19.6 Å². The van der Waals surface area contributed by atoms with Gasteiger partial charge < -0.3 is 10.2 Å². The van der Waals surface area contributed by atoms with Crippen molar-refractivity contribution in [1.29, 1.82) is 0 Å². The molecule has 1 heterocycles. The maximum absolute atomic E-state index is 12.9. The van der Waals surface area contributed by atoms with E-state index in [0.717, 1.165) is 12.8 Å². The van der Waals surface area contributed by atoms with Crippen molar-refractivity contribution in [3.63, 3.8) is 0 Å². The highest BCUT2D eigenvalue weighted by atomic mass is 32.2. The molecule has 28 heavy (non-hydrogen) atoms. The molecule has 0 saturated heterocycles. The van der Waals surface area contributed by atoms with Crippen LogP contribution in [0.1, 0.15) is 26.7 Å². The maximum Gasteiger partial charge on any atom is 0.262 e. The summed E-state index contributed by atoms with van der Waals surface area (Å²) in [6.45, 7) is 4.65. The molecule has 0 radical (unpaired) electrons. The average Bonchev–Trinajstić information content (AvgIpc) is 3.45. The second-order valence-electron chi connectivity index (χ2n) is 7.60. The second-order valence-corrected chi connectivity index (χ2v) is 8.54. The van der Waals surface area contributed by atoms with Gasteiger partial charge in [-0.25, -0.2) is 4.98 Å². The van der Waals surface area contributed by atoms with E-state index >= 15 is 0 Å². The van der Waals surface area contributed by atoms with E-state index in [1.165, 1.54) is 16.7 Å². The molecule has 1 N–H and O–H groups in total. The Labute approximate surface area is 168 Å². The number of hydrogen-bond donors (Lipinski definition) is 1. The summed E-state index contributed by atoms with van der Waals surface area (Å²) in [7, 11) is 1.62. The third-order valence-electron chi connectivity index (χ3n) is 4.45. The first-order valence-corrected chi connectivity index (χ1v) is 10.5. The van der Waals surface area contributed by atoms with Crippen LogP contribution in [0.3, 0.4) is 0 Å². The third kappa shape index (κ3) is 5.13. The van der Waals surface area contributed by atoms with Gasteiger partial charge in [-0.05, 0) is 30.9 Å². The van der Waals surface area contributed by atoms with Crippen LogP contribution >= 0.6 is 11.8 Å². The molecule has 1 aromatic heterocycles. The van der Waals surface area contributed by atoms with Crippen molar-refractivity contribution >= 4 is 34.5 Å². The largest absolute Gasteiger partial charge is 0.352 e. The van der Waals surface area contributed by atoms with Crippen molar-refractivity contribution in [2.75, 3.05) is 19.3 Å². The number of nitrogens with one attached hydrogen (secondary N) is 1. The first kappa shape index (κ1) is 20.4. The number of nitrogens with zero attached hydrogens (tertiary/aromatic N) is 3. The predicted octanol–water partition coefficient (Wildman–Crippen LogP) is 1.88. The minimum Gasteiger partial charge on any atom is -0.352 e. The first-order chi connectivity index (χ1) is 13.3. The minimum absolute atomic E-state index is 0.0415. The zero-order valence-electron chi connectivity index (χ0n) is 16.5. The molecule has 2 amide bonds. The van der Waals surface area contributed by atoms with Crippen LogP contribution in [0.25, 0.3) is 10.9 Å². The highest BCUT2D eigenvalue weighted by molar-refractivity contribution is 7.99. The number of hydrogen-bond acceptors (Lipinski definition) is 5. The van der Waals surface area contributed by atoms with Crippen LogP contribution in [0.2, 0.25) is 0 Å². The lowest BCUT2D eigenvalue weighted by molar-refractivity contribution is -0.132. The lowest BCUT2D eigenvalue weighted by Crippen LogP contribution is -2.39. The van der Waals surface area contributed by atoms with Crippen LogP contribution in [-0.2, 0) is 16.1 Å². The topological polar surface area (TPSA) is 84.3 Å². The van der Waals surface area contributed by atoms with Gasteiger partial charge in [0.25, 0.3) is 5.56 Å². The quantitative estimate of drug-likeness (QED) is 0.538. The molecule has 7 nitrogen and oxygen atoms in total. The van der Waals surface area contributed by atoms with Crippen molar-refractivity contribution in [2.24, 2.45) is 5.92 Å². The molecule has 1 aliphatic carbocycles. The van der Waals surface area contributed by atoms with E-state index in [0.29, 0.717) is 22.6 Å². The molecular weight excluding hydrogens is 376 g/mol. The number of likely N-dealkylation sites (N-methyl/N-ethyl adjacent to an activating group) is 1. The fourth-order valence-electron chi connectivity index (χ4n) is 2.83. The van der Waals surface area contributed by atoms with Crippen molar-refractivity contribution in [2.45, 2.75) is 44.4 Å². The van der Waals surface area contributed by atoms with Crippen molar-refractivity contribution in [3.8, 4) is 0 Å². The number of benzene rings is 1. The standard InChI is InChI=1S/C20H26N4O3S/c1-13(2)10-24-19(27)15-6-4-5-7-16(15)22-20(24)28-12-18(26)23(3)11-17(25)21-14-8-9-14/h4-7,13-14H,8-12H2,1-3H3,(H,21,25). The third-order valence-corrected chi connectivity index (χ3v) is 5.41. The number of fused-ring (bicyclic) bond motifs is 1. The van der Waals surface area contributed by atoms with Gasteiger partial charge >= 0.3 is 0 Å². The SMILES string of the molecule is CC(C)Cn1c(SCC(=O)N(C)CC(=O)NC2CC2)nc2ccccc2c1=O. The lowest BCUT2D eigenvalue weighted by Gasteiger charge is -2.18. The van der Waals surface area contributed by atoms with E-state index in [1.54, 1.807) is 23.7 Å². The van der Waals surface area contributed by atoms with Gasteiger partial charge in [-0.3, -0.25) is 19.0 Å². The Balaban J connectivity index is 1.72. The average molecular weight is 403 g/mol. The predicted molar refractivity (Wildman–Crippen MR) is 110 cm³/mol. The number of para-hydroxylation sites is 1. The van der Waals surface area contributed by atoms with Crippen LogP contribution in [0.5, 0.6) is 0 Å². The number of carbonyl (C=O) groups excluding carboxylic acids is 2. The fourth-order valence-corrected chi connectivity index (χ4v) is 3.77. The highest BCUT2D eigenvalue weighted by Gasteiger charge is 2.24. The molecule has 1 saturated carbocycles. The minimum atomic E-state index is -0.172. The molecule has 1 fully saturated rings. The van der Waals surface area contributed by atoms with Gasteiger partial charge in [0.15, 0.2) is 5.16 Å². The van der Waals surface area contributed by atoms with Crippen molar-refractivity contribution in [3.05, 3.63) is 34.6 Å². The summed E-state index contributed by atoms with van der Waals surface area (Å²) in [4.78, 5) is 43.2. The summed E-state index contributed by atoms with van der Waals surface area (Å²) in [5.74, 6) is 0.0821. The fraction of sp³-hybridized carbons (Fsp3) is 0.500. The van der Waals surface area contributed by atoms with Crippen LogP contribution in [0.15, 0.2) is 34.2 Å². The maximum atomic E-state index is 12.9. The number of carbonyl (C=O) groups is 2. The van der Waals surface area contributed by atoms with Gasteiger partial charge in [0.1, 0.15) is 0 Å². The van der Waals surface area contributed by atoms with E-state index in [1.807, 2.05) is 26.0 Å². The summed E-state index contributed by atoms with van der Waals surface area (Å²) in [6, 6.07) is 7.51. The summed E-state index contributed by atoms with van der Waals surface area (Å²) in [6.07, 6.45) is 2.03. The molecule has 1 aliphatic rings. The van der Waals surface area contributed by atoms with Crippen molar-refractivity contribution < 1.29 is 9.59 Å². The van der Waals surface area contributed by atoms with Gasteiger partial charge in [0.2, 0.25) is 11.8 Å². The smallest absolute Gasteiger partial charge is 0.262 e. The number of rotatable bonds is 8.